The van der Waals surface area contributed by atoms with Crippen molar-refractivity contribution in [2.24, 2.45) is 0 Å². The van der Waals surface area contributed by atoms with E-state index in [1.54, 1.807) is 0 Å². The first-order chi connectivity index (χ1) is 9.38. The number of thiophene rings is 1. The van der Waals surface area contributed by atoms with E-state index in [9.17, 15) is 0 Å². The molecule has 108 valence electrons. The molecule has 0 aliphatic rings. The van der Waals surface area contributed by atoms with Crippen LogP contribution in [0.25, 0.3) is 0 Å². The maximum atomic E-state index is 6.23. The Morgan fingerprint density at radius 2 is 1.85 bits per heavy atom. The van der Waals surface area contributed by atoms with Gasteiger partial charge in [0, 0.05) is 27.4 Å². The highest BCUT2D eigenvalue weighted by Gasteiger charge is 2.16. The quantitative estimate of drug-likeness (QED) is 0.781. The van der Waals surface area contributed by atoms with Crippen molar-refractivity contribution in [2.75, 3.05) is 0 Å². The Balaban J connectivity index is 1.99. The molecule has 1 atom stereocenters. The molecule has 0 spiro atoms. The average Bonchev–Trinajstić information content (AvgIpc) is 2.85. The Morgan fingerprint density at radius 3 is 2.45 bits per heavy atom. The van der Waals surface area contributed by atoms with Crippen molar-refractivity contribution in [3.05, 3.63) is 56.7 Å². The van der Waals surface area contributed by atoms with Crippen LogP contribution >= 0.6 is 22.9 Å². The predicted molar refractivity (Wildman–Crippen MR) is 89.7 cm³/mol. The summed E-state index contributed by atoms with van der Waals surface area (Å²) in [7, 11) is 0. The van der Waals surface area contributed by atoms with Gasteiger partial charge in [0.05, 0.1) is 0 Å². The van der Waals surface area contributed by atoms with E-state index in [2.05, 4.69) is 51.2 Å². The first-order valence-corrected chi connectivity index (χ1v) is 8.14. The van der Waals surface area contributed by atoms with Gasteiger partial charge in [0.1, 0.15) is 0 Å². The summed E-state index contributed by atoms with van der Waals surface area (Å²) >= 11 is 8.11. The lowest BCUT2D eigenvalue weighted by Gasteiger charge is -2.16. The van der Waals surface area contributed by atoms with Crippen molar-refractivity contribution in [3.63, 3.8) is 0 Å². The SMILES string of the molecule is CC(NCc1ccc(C(C)(C)C)s1)c1ccccc1Cl. The van der Waals surface area contributed by atoms with Gasteiger partial charge in [-0.05, 0) is 36.1 Å². The summed E-state index contributed by atoms with van der Waals surface area (Å²) in [6, 6.07) is 12.7. The number of rotatable bonds is 4. The summed E-state index contributed by atoms with van der Waals surface area (Å²) < 4.78 is 0. The maximum Gasteiger partial charge on any atom is 0.0453 e. The van der Waals surface area contributed by atoms with Crippen LogP contribution in [0.15, 0.2) is 36.4 Å². The normalized spacial score (nSPS) is 13.4. The van der Waals surface area contributed by atoms with Crippen LogP contribution in [0.1, 0.15) is 49.1 Å². The molecule has 2 rings (SSSR count). The van der Waals surface area contributed by atoms with Gasteiger partial charge < -0.3 is 5.32 Å². The van der Waals surface area contributed by atoms with Gasteiger partial charge >= 0.3 is 0 Å². The van der Waals surface area contributed by atoms with Gasteiger partial charge in [0.25, 0.3) is 0 Å². The fourth-order valence-corrected chi connectivity index (χ4v) is 3.38. The highest BCUT2D eigenvalue weighted by Crippen LogP contribution is 2.30. The molecule has 20 heavy (non-hydrogen) atoms. The molecule has 1 unspecified atom stereocenters. The third kappa shape index (κ3) is 3.85. The van der Waals surface area contributed by atoms with E-state index in [1.807, 2.05) is 29.5 Å². The molecule has 1 heterocycles. The summed E-state index contributed by atoms with van der Waals surface area (Å²) in [5.41, 5.74) is 1.39. The molecule has 0 saturated carbocycles. The van der Waals surface area contributed by atoms with Gasteiger partial charge in [-0.25, -0.2) is 0 Å². The van der Waals surface area contributed by atoms with Crippen LogP contribution in [-0.2, 0) is 12.0 Å². The monoisotopic (exact) mass is 307 g/mol. The lowest BCUT2D eigenvalue weighted by Crippen LogP contribution is -2.17. The number of hydrogen-bond acceptors (Lipinski definition) is 2. The Kier molecular flexibility index (Phi) is 4.90. The van der Waals surface area contributed by atoms with Crippen molar-refractivity contribution in [2.45, 2.75) is 45.7 Å². The smallest absolute Gasteiger partial charge is 0.0453 e. The second kappa shape index (κ2) is 6.30. The van der Waals surface area contributed by atoms with Crippen LogP contribution in [0.2, 0.25) is 5.02 Å². The Labute approximate surface area is 131 Å². The largest absolute Gasteiger partial charge is 0.305 e. The lowest BCUT2D eigenvalue weighted by atomic mass is 9.95. The van der Waals surface area contributed by atoms with Crippen molar-refractivity contribution in [1.82, 2.24) is 5.32 Å². The van der Waals surface area contributed by atoms with E-state index in [-0.39, 0.29) is 11.5 Å². The van der Waals surface area contributed by atoms with Crippen LogP contribution in [-0.4, -0.2) is 0 Å². The zero-order valence-electron chi connectivity index (χ0n) is 12.5. The molecule has 0 fully saturated rings. The van der Waals surface area contributed by atoms with Crippen molar-refractivity contribution in [1.29, 1.82) is 0 Å². The highest BCUT2D eigenvalue weighted by molar-refractivity contribution is 7.12. The molecule has 3 heteroatoms. The zero-order chi connectivity index (χ0) is 14.8. The molecular formula is C17H22ClNS. The van der Waals surface area contributed by atoms with Crippen LogP contribution in [0.4, 0.5) is 0 Å². The minimum atomic E-state index is 0.233. The summed E-state index contributed by atoms with van der Waals surface area (Å²) in [4.78, 5) is 2.80. The molecule has 1 nitrogen and oxygen atoms in total. The fraction of sp³-hybridized carbons (Fsp3) is 0.412. The van der Waals surface area contributed by atoms with Crippen molar-refractivity contribution < 1.29 is 0 Å². The van der Waals surface area contributed by atoms with Crippen LogP contribution in [0.5, 0.6) is 0 Å². The van der Waals surface area contributed by atoms with Gasteiger partial charge in [0.2, 0.25) is 0 Å². The summed E-state index contributed by atoms with van der Waals surface area (Å²) in [6.07, 6.45) is 0. The van der Waals surface area contributed by atoms with E-state index in [0.29, 0.717) is 0 Å². The third-order valence-electron chi connectivity index (χ3n) is 3.36. The minimum absolute atomic E-state index is 0.233. The van der Waals surface area contributed by atoms with Gasteiger partial charge in [-0.15, -0.1) is 11.3 Å². The molecule has 0 radical (unpaired) electrons. The molecule has 0 aliphatic carbocycles. The number of halogens is 1. The third-order valence-corrected chi connectivity index (χ3v) is 5.21. The predicted octanol–water partition coefficient (Wildman–Crippen LogP) is 5.55. The first kappa shape index (κ1) is 15.6. The fourth-order valence-electron chi connectivity index (χ4n) is 2.07. The molecule has 0 amide bonds. The second-order valence-corrected chi connectivity index (χ2v) is 7.72. The molecule has 0 saturated heterocycles. The number of hydrogen-bond donors (Lipinski definition) is 1. The average molecular weight is 308 g/mol. The van der Waals surface area contributed by atoms with E-state index in [1.165, 1.54) is 9.75 Å². The van der Waals surface area contributed by atoms with Gasteiger partial charge in [-0.3, -0.25) is 0 Å². The van der Waals surface area contributed by atoms with E-state index in [4.69, 9.17) is 11.6 Å². The Bertz CT molecular complexity index is 568. The molecule has 1 aromatic heterocycles. The summed E-state index contributed by atoms with van der Waals surface area (Å²) in [5, 5.41) is 4.37. The summed E-state index contributed by atoms with van der Waals surface area (Å²) in [6.45, 7) is 9.79. The molecule has 0 aliphatic heterocycles. The van der Waals surface area contributed by atoms with Crippen LogP contribution in [0.3, 0.4) is 0 Å². The van der Waals surface area contributed by atoms with Crippen molar-refractivity contribution >= 4 is 22.9 Å². The Morgan fingerprint density at radius 1 is 1.15 bits per heavy atom. The molecule has 1 N–H and O–H groups in total. The number of nitrogens with one attached hydrogen (secondary N) is 1. The van der Waals surface area contributed by atoms with E-state index in [0.717, 1.165) is 17.1 Å². The second-order valence-electron chi connectivity index (χ2n) is 6.14. The maximum absolute atomic E-state index is 6.23. The standard InChI is InChI=1S/C17H22ClNS/c1-12(14-7-5-6-8-15(14)18)19-11-13-9-10-16(20-13)17(2,3)4/h5-10,12,19H,11H2,1-4H3. The zero-order valence-corrected chi connectivity index (χ0v) is 14.1. The summed E-state index contributed by atoms with van der Waals surface area (Å²) in [5.74, 6) is 0. The lowest BCUT2D eigenvalue weighted by molar-refractivity contribution is 0.579. The Hall–Kier alpha value is -0.830. The topological polar surface area (TPSA) is 12.0 Å². The molecule has 1 aromatic carbocycles. The van der Waals surface area contributed by atoms with Gasteiger partial charge in [-0.1, -0.05) is 50.6 Å². The molecule has 0 bridgehead atoms. The molecule has 2 aromatic rings. The molecular weight excluding hydrogens is 286 g/mol. The van der Waals surface area contributed by atoms with Gasteiger partial charge in [-0.2, -0.15) is 0 Å². The van der Waals surface area contributed by atoms with E-state index >= 15 is 0 Å². The number of benzene rings is 1. The van der Waals surface area contributed by atoms with E-state index < -0.39 is 0 Å². The van der Waals surface area contributed by atoms with Crippen LogP contribution < -0.4 is 5.32 Å². The van der Waals surface area contributed by atoms with Crippen molar-refractivity contribution in [3.8, 4) is 0 Å². The van der Waals surface area contributed by atoms with Gasteiger partial charge in [0.15, 0.2) is 0 Å². The van der Waals surface area contributed by atoms with Crippen LogP contribution in [0, 0.1) is 0 Å². The highest BCUT2D eigenvalue weighted by atomic mass is 35.5. The minimum Gasteiger partial charge on any atom is -0.305 e. The first-order valence-electron chi connectivity index (χ1n) is 6.95.